The maximum Gasteiger partial charge on any atom is 0.416 e. The van der Waals surface area contributed by atoms with E-state index in [9.17, 15) is 26.3 Å². The number of hydrogen-bond acceptors (Lipinski definition) is 2. The predicted octanol–water partition coefficient (Wildman–Crippen LogP) is 5.45. The highest BCUT2D eigenvalue weighted by Gasteiger charge is 2.33. The van der Waals surface area contributed by atoms with E-state index in [-0.39, 0.29) is 29.5 Å². The van der Waals surface area contributed by atoms with Gasteiger partial charge in [-0.1, -0.05) is 0 Å². The van der Waals surface area contributed by atoms with Gasteiger partial charge in [0.15, 0.2) is 29.0 Å². The lowest BCUT2D eigenvalue weighted by Crippen LogP contribution is -2.12. The molecule has 140 valence electrons. The molecule has 0 saturated heterocycles. The second-order valence-corrected chi connectivity index (χ2v) is 5.44. The molecular weight excluding hydrogens is 386 g/mol. The smallest absolute Gasteiger partial charge is 0.416 e. The van der Waals surface area contributed by atoms with Gasteiger partial charge in [0.2, 0.25) is 0 Å². The van der Waals surface area contributed by atoms with E-state index in [0.29, 0.717) is 5.56 Å². The molecule has 3 nitrogen and oxygen atoms in total. The van der Waals surface area contributed by atoms with Crippen LogP contribution in [-0.2, 0) is 6.18 Å². The summed E-state index contributed by atoms with van der Waals surface area (Å²) in [7, 11) is 0. The highest BCUT2D eigenvalue weighted by Crippen LogP contribution is 2.37. The minimum atomic E-state index is -4.95. The summed E-state index contributed by atoms with van der Waals surface area (Å²) in [4.78, 5) is 3.89. The second-order valence-electron chi connectivity index (χ2n) is 5.17. The van der Waals surface area contributed by atoms with E-state index in [1.807, 2.05) is 0 Å². The minimum Gasteiger partial charge on any atom is -0.448 e. The number of aryl methyl sites for hydroxylation is 1. The number of hydrogen-bond donors (Lipinski definition) is 1. The summed E-state index contributed by atoms with van der Waals surface area (Å²) in [6.45, 7) is 1.49. The second kappa shape index (κ2) is 7.45. The molecule has 2 aromatic rings. The van der Waals surface area contributed by atoms with Crippen LogP contribution in [0.4, 0.5) is 32.0 Å². The lowest BCUT2D eigenvalue weighted by molar-refractivity contribution is -0.138. The van der Waals surface area contributed by atoms with Gasteiger partial charge in [-0.25, -0.2) is 18.2 Å². The Morgan fingerprint density at radius 1 is 1.08 bits per heavy atom. The van der Waals surface area contributed by atoms with Gasteiger partial charge in [-0.2, -0.15) is 13.2 Å². The van der Waals surface area contributed by atoms with Gasteiger partial charge >= 0.3 is 6.18 Å². The Morgan fingerprint density at radius 2 is 1.65 bits per heavy atom. The standard InChI is InChI=1S/C16H11ClF6N2O/c1-7-2-9(18)13(5-12(7)25-14(24)6-17)26-15-10(19)3-8(4-11(15)20)16(21,22)23/h2-5H,6H2,1H3,(H2,24,25). The quantitative estimate of drug-likeness (QED) is 0.323. The van der Waals surface area contributed by atoms with Crippen LogP contribution in [0.5, 0.6) is 11.5 Å². The van der Waals surface area contributed by atoms with Crippen LogP contribution < -0.4 is 10.5 Å². The van der Waals surface area contributed by atoms with Crippen molar-refractivity contribution in [1.29, 1.82) is 0 Å². The van der Waals surface area contributed by atoms with Crippen molar-refractivity contribution in [2.75, 3.05) is 5.88 Å². The van der Waals surface area contributed by atoms with Crippen LogP contribution >= 0.6 is 11.6 Å². The molecule has 0 radical (unpaired) electrons. The van der Waals surface area contributed by atoms with Gasteiger partial charge in [0.1, 0.15) is 5.84 Å². The summed E-state index contributed by atoms with van der Waals surface area (Å²) in [5.41, 5.74) is 4.39. The first-order valence-corrected chi connectivity index (χ1v) is 7.49. The first kappa shape index (κ1) is 19.9. The fourth-order valence-electron chi connectivity index (χ4n) is 1.96. The molecule has 2 N–H and O–H groups in total. The number of aliphatic imine (C=N–C) groups is 1. The lowest BCUT2D eigenvalue weighted by Gasteiger charge is -2.13. The normalized spacial score (nSPS) is 12.4. The lowest BCUT2D eigenvalue weighted by atomic mass is 10.1. The van der Waals surface area contributed by atoms with Gasteiger partial charge in [-0.05, 0) is 30.7 Å². The van der Waals surface area contributed by atoms with Gasteiger partial charge in [0.25, 0.3) is 0 Å². The Balaban J connectivity index is 2.47. The van der Waals surface area contributed by atoms with Gasteiger partial charge < -0.3 is 10.5 Å². The molecule has 0 heterocycles. The number of nitrogens with zero attached hydrogens (tertiary/aromatic N) is 1. The maximum absolute atomic E-state index is 14.0. The fraction of sp³-hybridized carbons (Fsp3) is 0.188. The van der Waals surface area contributed by atoms with Crippen LogP contribution in [0.25, 0.3) is 0 Å². The summed E-state index contributed by atoms with van der Waals surface area (Å²) in [5, 5.41) is 0. The van der Waals surface area contributed by atoms with Crippen molar-refractivity contribution >= 4 is 23.1 Å². The Bertz CT molecular complexity index is 844. The third-order valence-corrected chi connectivity index (χ3v) is 3.46. The van der Waals surface area contributed by atoms with Crippen molar-refractivity contribution in [3.63, 3.8) is 0 Å². The van der Waals surface area contributed by atoms with Crippen molar-refractivity contribution in [3.8, 4) is 11.5 Å². The number of rotatable bonds is 4. The Hall–Kier alpha value is -2.42. The van der Waals surface area contributed by atoms with Crippen molar-refractivity contribution in [2.24, 2.45) is 10.7 Å². The molecule has 0 unspecified atom stereocenters. The first-order chi connectivity index (χ1) is 12.0. The molecule has 26 heavy (non-hydrogen) atoms. The molecule has 0 saturated carbocycles. The number of ether oxygens (including phenoxy) is 1. The summed E-state index contributed by atoms with van der Waals surface area (Å²) < 4.78 is 84.2. The largest absolute Gasteiger partial charge is 0.448 e. The molecule has 0 aliphatic heterocycles. The highest BCUT2D eigenvalue weighted by atomic mass is 35.5. The van der Waals surface area contributed by atoms with Gasteiger partial charge in [-0.15, -0.1) is 11.6 Å². The Morgan fingerprint density at radius 3 is 2.15 bits per heavy atom. The van der Waals surface area contributed by atoms with E-state index < -0.39 is 40.7 Å². The summed E-state index contributed by atoms with van der Waals surface area (Å²) in [5.74, 6) is -6.21. The van der Waals surface area contributed by atoms with E-state index in [2.05, 4.69) is 4.99 Å². The van der Waals surface area contributed by atoms with Crippen LogP contribution in [-0.4, -0.2) is 11.7 Å². The molecular formula is C16H11ClF6N2O. The zero-order chi connectivity index (χ0) is 19.6. The number of amidine groups is 1. The monoisotopic (exact) mass is 396 g/mol. The molecule has 0 fully saturated rings. The topological polar surface area (TPSA) is 47.6 Å². The average molecular weight is 397 g/mol. The zero-order valence-corrected chi connectivity index (χ0v) is 13.9. The summed E-state index contributed by atoms with van der Waals surface area (Å²) in [6, 6.07) is 2.07. The van der Waals surface area contributed by atoms with E-state index in [1.54, 1.807) is 0 Å². The van der Waals surface area contributed by atoms with E-state index in [0.717, 1.165) is 12.1 Å². The number of alkyl halides is 4. The molecule has 10 heteroatoms. The molecule has 0 aromatic heterocycles. The molecule has 0 aliphatic carbocycles. The SMILES string of the molecule is Cc1cc(F)c(Oc2c(F)cc(C(F)(F)F)cc2F)cc1N=C(N)CCl. The average Bonchev–Trinajstić information content (AvgIpc) is 2.53. The highest BCUT2D eigenvalue weighted by molar-refractivity contribution is 6.28. The van der Waals surface area contributed by atoms with Crippen molar-refractivity contribution in [1.82, 2.24) is 0 Å². The van der Waals surface area contributed by atoms with Crippen molar-refractivity contribution < 1.29 is 31.1 Å². The van der Waals surface area contributed by atoms with Crippen LogP contribution in [0.1, 0.15) is 11.1 Å². The fourth-order valence-corrected chi connectivity index (χ4v) is 2.02. The number of halogens is 7. The Kier molecular flexibility index (Phi) is 5.70. The third kappa shape index (κ3) is 4.40. The van der Waals surface area contributed by atoms with Crippen LogP contribution in [0.3, 0.4) is 0 Å². The molecule has 0 amide bonds. The Labute approximate surface area is 149 Å². The molecule has 0 spiro atoms. The summed E-state index contributed by atoms with van der Waals surface area (Å²) >= 11 is 5.50. The molecule has 2 rings (SSSR count). The number of nitrogens with two attached hydrogens (primary N) is 1. The van der Waals surface area contributed by atoms with E-state index in [1.165, 1.54) is 6.92 Å². The molecule has 0 aliphatic rings. The van der Waals surface area contributed by atoms with Crippen LogP contribution in [0.2, 0.25) is 0 Å². The third-order valence-electron chi connectivity index (χ3n) is 3.19. The van der Waals surface area contributed by atoms with Gasteiger partial charge in [0, 0.05) is 6.07 Å². The maximum atomic E-state index is 14.0. The van der Waals surface area contributed by atoms with Crippen molar-refractivity contribution in [2.45, 2.75) is 13.1 Å². The molecule has 2 aromatic carbocycles. The summed E-state index contributed by atoms with van der Waals surface area (Å²) in [6.07, 6.45) is -4.95. The van der Waals surface area contributed by atoms with Crippen LogP contribution in [0.15, 0.2) is 29.3 Å². The number of benzene rings is 2. The predicted molar refractivity (Wildman–Crippen MR) is 84.6 cm³/mol. The molecule has 0 bridgehead atoms. The minimum absolute atomic E-state index is 0.000726. The van der Waals surface area contributed by atoms with E-state index >= 15 is 0 Å². The van der Waals surface area contributed by atoms with Gasteiger partial charge in [0.05, 0.1) is 17.1 Å². The van der Waals surface area contributed by atoms with Crippen molar-refractivity contribution in [3.05, 3.63) is 52.8 Å². The van der Waals surface area contributed by atoms with Gasteiger partial charge in [-0.3, -0.25) is 0 Å². The first-order valence-electron chi connectivity index (χ1n) is 6.96. The molecule has 0 atom stereocenters. The van der Waals surface area contributed by atoms with Crippen LogP contribution in [0, 0.1) is 24.4 Å². The zero-order valence-electron chi connectivity index (χ0n) is 13.1. The van der Waals surface area contributed by atoms with E-state index in [4.69, 9.17) is 22.1 Å².